The Morgan fingerprint density at radius 2 is 0.869 bits per heavy atom. The minimum atomic E-state index is -6.85. The molecule has 5 aromatic heterocycles. The maximum atomic E-state index is 13.9. The Bertz CT molecular complexity index is 6260. The molecule has 0 atom stereocenters. The highest BCUT2D eigenvalue weighted by Crippen LogP contribution is 2.45. The van der Waals surface area contributed by atoms with Crippen LogP contribution in [0.3, 0.4) is 0 Å². The molecule has 24 nitrogen and oxygen atoms in total. The van der Waals surface area contributed by atoms with E-state index in [9.17, 15) is 114 Å². The van der Waals surface area contributed by atoms with Gasteiger partial charge in [0, 0.05) is 121 Å². The van der Waals surface area contributed by atoms with Crippen molar-refractivity contribution in [3.8, 4) is 5.75 Å². The summed E-state index contributed by atoms with van der Waals surface area (Å²) in [6.07, 6.45) is 18.4. The van der Waals surface area contributed by atoms with Crippen LogP contribution in [0.4, 0.5) is 74.6 Å². The lowest BCUT2D eigenvalue weighted by atomic mass is 9.71. The van der Waals surface area contributed by atoms with E-state index in [0.717, 1.165) is 115 Å². The molecule has 2 spiro atoms. The molecular formula is C85H81BF17N5O19S3. The van der Waals surface area contributed by atoms with E-state index in [2.05, 4.69) is 68.9 Å². The molecule has 1 saturated carbocycles. The summed E-state index contributed by atoms with van der Waals surface area (Å²) >= 11 is 0. The van der Waals surface area contributed by atoms with Gasteiger partial charge in [-0.25, -0.2) is 26.7 Å². The topological polar surface area (TPSA) is 332 Å². The number of carboxylic acid groups (broad SMARTS) is 1. The van der Waals surface area contributed by atoms with Gasteiger partial charge in [-0.3, -0.25) is 34.3 Å². The van der Waals surface area contributed by atoms with E-state index >= 15 is 0 Å². The number of aromatic nitrogens is 5. The van der Waals surface area contributed by atoms with Gasteiger partial charge in [-0.05, 0) is 160 Å². The summed E-state index contributed by atoms with van der Waals surface area (Å²) < 4.78 is 307. The first-order valence-corrected chi connectivity index (χ1v) is 43.1. The van der Waals surface area contributed by atoms with Gasteiger partial charge >= 0.3 is 66.1 Å². The van der Waals surface area contributed by atoms with Crippen molar-refractivity contribution in [1.82, 2.24) is 24.9 Å². The van der Waals surface area contributed by atoms with Gasteiger partial charge in [0.1, 0.15) is 62.7 Å². The fourth-order valence-corrected chi connectivity index (χ4v) is 15.9. The van der Waals surface area contributed by atoms with E-state index in [1.165, 1.54) is 65.8 Å². The Morgan fingerprint density at radius 1 is 0.469 bits per heavy atom. The molecule has 3 saturated heterocycles. The van der Waals surface area contributed by atoms with E-state index in [0.29, 0.717) is 85.7 Å². The smallest absolute Gasteiger partial charge is 0.475 e. The van der Waals surface area contributed by atoms with Crippen molar-refractivity contribution < 1.29 is 155 Å². The van der Waals surface area contributed by atoms with Gasteiger partial charge in [0.2, 0.25) is 0 Å². The number of nitrogens with zero attached hydrogens (tertiary/aromatic N) is 4. The molecule has 17 rings (SSSR count). The highest BCUT2D eigenvalue weighted by Gasteiger charge is 2.58. The molecule has 10 aromatic rings. The van der Waals surface area contributed by atoms with Crippen molar-refractivity contribution >= 4 is 121 Å². The van der Waals surface area contributed by atoms with Crippen molar-refractivity contribution in [1.29, 1.82) is 0 Å². The Kier molecular flexibility index (Phi) is 33.1. The second-order valence-corrected chi connectivity index (χ2v) is 35.0. The molecule has 4 fully saturated rings. The van der Waals surface area contributed by atoms with Crippen LogP contribution in [-0.4, -0.2) is 152 Å². The van der Waals surface area contributed by atoms with Gasteiger partial charge in [0.05, 0.1) is 43.1 Å². The SMILES string of the molecule is C.CC1(C)OB(C2=CCC3(CC2)OCCO3)OC1(C)C.Fc1cccc2c(C3=CCC4(CC3)OCCO4)ccnc12.O=C(O)C(F)(F)F.O=C1CC=C(c2ccnc3c(F)cccc23)CC1.O=C1CCC(c2ccnc3c(F)cccc23)CC1.O=S(=O)(OS(=O)(=O)C(F)(F)F)C(F)(F)F.O=S(=O)(Oc1ccnc2c(F)cccc12)C(F)(F)F.O=c1cc[nH]c2c(F)cccc12. The van der Waals surface area contributed by atoms with Crippen LogP contribution in [0.25, 0.3) is 65.7 Å². The number of carbonyl (C=O) groups is 3. The quantitative estimate of drug-likeness (QED) is 0.0617. The van der Waals surface area contributed by atoms with Crippen LogP contribution in [0.2, 0.25) is 0 Å². The molecule has 5 aromatic carbocycles. The minimum Gasteiger partial charge on any atom is -0.475 e. The van der Waals surface area contributed by atoms with Crippen molar-refractivity contribution in [2.75, 3.05) is 26.4 Å². The molecule has 7 aliphatic rings. The standard InChI is InChI=1S/C17H16FNO2.C15H14FNO.C15H12FNO.C14H23BO4.C10H5F4NO3S.C9H6FNO.C2F6O5S2.C2HF3O2.CH4/c18-15-3-1-2-14-13(6-9-19-16(14)15)12-4-7-17(8-5-12)20-10-11-21-17;2*16-14-3-1-2-13-12(8-9-17-15(13)14)10-4-6-11(18)7-5-10;1-12(2)13(3,4)19-15(18-12)11-5-7-14(8-6-11)16-9-10-17-14;11-7-3-1-2-6-8(4-5-15-9(6)7)18-19(16,17)10(12,13)14;10-7-3-1-2-6-8(12)4-5-11-9(6)7;3-1(4,5)14(9,10)13-15(11,12)2(6,7)8;3-2(4,5)1(6)7;/h1-4,6,9H,5,7-8,10-11H2;1-3,8-10H,4-7H2;1-4,8-9H,5-7H2;5H,6-10H2,1-4H3;1-5H;1-5H,(H,11,12);;(H,6,7);1H4. The van der Waals surface area contributed by atoms with Crippen LogP contribution in [0.15, 0.2) is 181 Å². The summed E-state index contributed by atoms with van der Waals surface area (Å²) in [5, 5.41) is 9.91. The maximum absolute atomic E-state index is 13.9. The Morgan fingerprint density at radius 3 is 1.28 bits per heavy atom. The van der Waals surface area contributed by atoms with Gasteiger partial charge in [-0.1, -0.05) is 74.2 Å². The van der Waals surface area contributed by atoms with Crippen LogP contribution in [-0.2, 0) is 76.6 Å². The van der Waals surface area contributed by atoms with Crippen LogP contribution in [0.1, 0.15) is 141 Å². The number of H-pyrrole nitrogens is 1. The molecular weight excluding hydrogens is 1820 g/mol. The molecule has 700 valence electrons. The predicted molar refractivity (Wildman–Crippen MR) is 441 cm³/mol. The summed E-state index contributed by atoms with van der Waals surface area (Å²) in [6, 6.07) is 31.1. The molecule has 45 heteroatoms. The van der Waals surface area contributed by atoms with E-state index in [1.807, 2.05) is 46.1 Å². The summed E-state index contributed by atoms with van der Waals surface area (Å²) in [5.41, 5.74) is -10.8. The van der Waals surface area contributed by atoms with E-state index < -0.39 is 82.2 Å². The second-order valence-electron chi connectivity index (χ2n) is 30.1. The van der Waals surface area contributed by atoms with Crippen LogP contribution in [0, 0.1) is 29.1 Å². The van der Waals surface area contributed by atoms with Crippen molar-refractivity contribution in [3.63, 3.8) is 0 Å². The number of ether oxygens (including phenoxy) is 4. The van der Waals surface area contributed by atoms with Gasteiger partial charge in [-0.15, -0.1) is 3.63 Å². The van der Waals surface area contributed by atoms with Crippen molar-refractivity contribution in [3.05, 3.63) is 232 Å². The van der Waals surface area contributed by atoms with Crippen molar-refractivity contribution in [2.24, 2.45) is 0 Å². The Balaban J connectivity index is 0.000000169. The number of Topliss-reactive ketones (excluding diaryl/α,β-unsaturated/α-hetero) is 2. The lowest BCUT2D eigenvalue weighted by Crippen LogP contribution is -2.41. The largest absolute Gasteiger partial charge is 0.534 e. The number of nitrogens with one attached hydrogen (secondary N) is 1. The fraction of sp³-hybridized carbons (Fsp3) is 0.365. The Labute approximate surface area is 731 Å². The number of benzene rings is 5. The first kappa shape index (κ1) is 103. The molecule has 8 heterocycles. The molecule has 4 aliphatic carbocycles. The third kappa shape index (κ3) is 25.3. The zero-order chi connectivity index (χ0) is 94.7. The van der Waals surface area contributed by atoms with Gasteiger partial charge < -0.3 is 42.5 Å². The maximum Gasteiger partial charge on any atom is 0.534 e. The van der Waals surface area contributed by atoms with Crippen LogP contribution < -0.4 is 9.61 Å². The zero-order valence-corrected chi connectivity index (χ0v) is 70.5. The number of hydrogen-bond donors (Lipinski definition) is 2. The number of allylic oxidation sites excluding steroid dienone is 4. The average Bonchev–Trinajstić information content (AvgIpc) is 1.57. The predicted octanol–water partition coefficient (Wildman–Crippen LogP) is 19.5. The molecule has 0 amide bonds. The summed E-state index contributed by atoms with van der Waals surface area (Å²) in [4.78, 5) is 61.2. The minimum absolute atomic E-state index is 0. The van der Waals surface area contributed by atoms with Crippen LogP contribution >= 0.6 is 0 Å². The lowest BCUT2D eigenvalue weighted by molar-refractivity contribution is -0.192. The van der Waals surface area contributed by atoms with Crippen LogP contribution in [0.5, 0.6) is 5.75 Å². The van der Waals surface area contributed by atoms with E-state index in [4.69, 9.17) is 38.2 Å². The number of fused-ring (bicyclic) bond motifs is 5. The number of halogens is 17. The summed E-state index contributed by atoms with van der Waals surface area (Å²) in [5.74, 6) is -5.27. The molecule has 2 N–H and O–H groups in total. The number of aliphatic carboxylic acids is 1. The summed E-state index contributed by atoms with van der Waals surface area (Å²) in [6.45, 7) is 11.1. The number of para-hydroxylation sites is 5. The third-order valence-electron chi connectivity index (χ3n) is 21.1. The lowest BCUT2D eigenvalue weighted by Gasteiger charge is -2.32. The zero-order valence-electron chi connectivity index (χ0n) is 68.1. The third-order valence-corrected chi connectivity index (χ3v) is 24.6. The van der Waals surface area contributed by atoms with Gasteiger partial charge in [-0.2, -0.15) is 77.9 Å². The monoisotopic (exact) mass is 1910 g/mol. The number of ketones is 2. The second kappa shape index (κ2) is 41.8. The first-order chi connectivity index (χ1) is 60.3. The molecule has 3 aliphatic heterocycles. The molecule has 130 heavy (non-hydrogen) atoms. The van der Waals surface area contributed by atoms with Gasteiger partial charge in [0.15, 0.2) is 22.8 Å². The Hall–Kier alpha value is -10.8. The number of rotatable bonds is 8. The highest BCUT2D eigenvalue weighted by molar-refractivity contribution is 8.00. The average molecular weight is 1910 g/mol. The fourth-order valence-electron chi connectivity index (χ4n) is 13.9. The number of carbonyl (C=O) groups excluding carboxylic acids is 2. The van der Waals surface area contributed by atoms with E-state index in [1.54, 1.807) is 42.9 Å². The highest BCUT2D eigenvalue weighted by atomic mass is 32.3. The number of alkyl halides is 12. The van der Waals surface area contributed by atoms with E-state index in [-0.39, 0.29) is 76.6 Å². The first-order valence-electron chi connectivity index (χ1n) is 38.8. The number of pyridine rings is 5. The normalized spacial score (nSPS) is 17.8. The number of aromatic amines is 1. The van der Waals surface area contributed by atoms with Gasteiger partial charge in [0.25, 0.3) is 0 Å². The number of hydrogen-bond acceptors (Lipinski definition) is 22. The summed E-state index contributed by atoms with van der Waals surface area (Å²) in [7, 11) is -19.7. The van der Waals surface area contributed by atoms with Crippen molar-refractivity contribution in [2.45, 2.75) is 170 Å². The molecule has 0 radical (unpaired) electrons. The number of carboxylic acids is 1. The molecule has 0 unspecified atom stereocenters. The molecule has 0 bridgehead atoms.